The number of amides is 1. The van der Waals surface area contributed by atoms with E-state index in [1.54, 1.807) is 10.9 Å². The van der Waals surface area contributed by atoms with Crippen LogP contribution in [0.25, 0.3) is 0 Å². The third kappa shape index (κ3) is 5.77. The Hall–Kier alpha value is -1.14. The molecule has 0 aromatic carbocycles. The number of nitrogens with zero attached hydrogens (tertiary/aromatic N) is 4. The molecule has 0 aliphatic carbocycles. The molecule has 0 radical (unpaired) electrons. The van der Waals surface area contributed by atoms with Gasteiger partial charge in [-0.15, -0.1) is 17.5 Å². The molecule has 1 aromatic rings. The molecule has 7 heteroatoms. The van der Waals surface area contributed by atoms with Crippen molar-refractivity contribution in [1.29, 1.82) is 0 Å². The van der Waals surface area contributed by atoms with Crippen molar-refractivity contribution in [2.75, 3.05) is 19.6 Å². The topological polar surface area (TPSA) is 63.1 Å². The van der Waals surface area contributed by atoms with Crippen LogP contribution in [-0.4, -0.2) is 51.5 Å². The standard InChI is InChI=1S/C16H29N5O.ClH/c1-4-10-21(14-5-8-17-9-6-14)16(22)15-12-20(19-18-15)11-7-13(2)3;/h12-14,17H,4-11H2,1-3H3;1H. The summed E-state index contributed by atoms with van der Waals surface area (Å²) in [5.74, 6) is 0.652. The molecular formula is C16H30ClN5O. The third-order valence-electron chi connectivity index (χ3n) is 4.17. The van der Waals surface area contributed by atoms with Crippen molar-refractivity contribution >= 4 is 18.3 Å². The molecule has 1 saturated heterocycles. The Morgan fingerprint density at radius 2 is 2.13 bits per heavy atom. The van der Waals surface area contributed by atoms with Gasteiger partial charge in [0.05, 0.1) is 6.20 Å². The van der Waals surface area contributed by atoms with Gasteiger partial charge in [0.25, 0.3) is 5.91 Å². The summed E-state index contributed by atoms with van der Waals surface area (Å²) in [6.45, 7) is 10.1. The fraction of sp³-hybridized carbons (Fsp3) is 0.812. The Labute approximate surface area is 145 Å². The third-order valence-corrected chi connectivity index (χ3v) is 4.17. The summed E-state index contributed by atoms with van der Waals surface area (Å²) in [6.07, 6.45) is 5.86. The Morgan fingerprint density at radius 3 is 2.74 bits per heavy atom. The number of carbonyl (C=O) groups is 1. The smallest absolute Gasteiger partial charge is 0.276 e. The molecule has 0 atom stereocenters. The Bertz CT molecular complexity index is 471. The van der Waals surface area contributed by atoms with Gasteiger partial charge in [0.2, 0.25) is 0 Å². The fourth-order valence-corrected chi connectivity index (χ4v) is 2.85. The summed E-state index contributed by atoms with van der Waals surface area (Å²) >= 11 is 0. The molecule has 1 N–H and O–H groups in total. The number of halogens is 1. The maximum atomic E-state index is 12.8. The maximum absolute atomic E-state index is 12.8. The maximum Gasteiger partial charge on any atom is 0.276 e. The first-order chi connectivity index (χ1) is 10.6. The zero-order valence-corrected chi connectivity index (χ0v) is 15.3. The summed E-state index contributed by atoms with van der Waals surface area (Å²) in [7, 11) is 0. The lowest BCUT2D eigenvalue weighted by atomic mass is 10.0. The number of hydrogen-bond acceptors (Lipinski definition) is 4. The summed E-state index contributed by atoms with van der Waals surface area (Å²) in [5.41, 5.74) is 0.482. The van der Waals surface area contributed by atoms with E-state index in [9.17, 15) is 4.79 Å². The minimum atomic E-state index is 0. The van der Waals surface area contributed by atoms with Crippen LogP contribution in [0.5, 0.6) is 0 Å². The van der Waals surface area contributed by atoms with E-state index in [0.29, 0.717) is 17.7 Å². The van der Waals surface area contributed by atoms with E-state index in [1.807, 2.05) is 4.90 Å². The van der Waals surface area contributed by atoms with Crippen molar-refractivity contribution in [2.45, 2.75) is 59.0 Å². The Kier molecular flexibility index (Phi) is 8.55. The lowest BCUT2D eigenvalue weighted by Gasteiger charge is -2.34. The van der Waals surface area contributed by atoms with Gasteiger partial charge in [0.15, 0.2) is 5.69 Å². The highest BCUT2D eigenvalue weighted by atomic mass is 35.5. The Morgan fingerprint density at radius 1 is 1.43 bits per heavy atom. The number of aromatic nitrogens is 3. The lowest BCUT2D eigenvalue weighted by Crippen LogP contribution is -2.46. The number of aryl methyl sites for hydroxylation is 1. The zero-order chi connectivity index (χ0) is 15.9. The van der Waals surface area contributed by atoms with Crippen molar-refractivity contribution in [2.24, 2.45) is 5.92 Å². The lowest BCUT2D eigenvalue weighted by molar-refractivity contribution is 0.0636. The van der Waals surface area contributed by atoms with Crippen LogP contribution in [0.2, 0.25) is 0 Å². The molecule has 2 rings (SSSR count). The molecule has 1 aromatic heterocycles. The van der Waals surface area contributed by atoms with Gasteiger partial charge in [-0.05, 0) is 44.7 Å². The number of piperidine rings is 1. The second kappa shape index (κ2) is 9.88. The van der Waals surface area contributed by atoms with Crippen LogP contribution >= 0.6 is 12.4 Å². The highest BCUT2D eigenvalue weighted by Gasteiger charge is 2.27. The SMILES string of the molecule is CCCN(C(=O)c1cn(CCC(C)C)nn1)C1CCNCC1.Cl. The summed E-state index contributed by atoms with van der Waals surface area (Å²) in [6, 6.07) is 0.328. The van der Waals surface area contributed by atoms with Gasteiger partial charge in [-0.25, -0.2) is 0 Å². The molecule has 0 bridgehead atoms. The predicted molar refractivity (Wildman–Crippen MR) is 93.9 cm³/mol. The van der Waals surface area contributed by atoms with Crippen LogP contribution in [0.15, 0.2) is 6.20 Å². The van der Waals surface area contributed by atoms with Crippen molar-refractivity contribution in [3.8, 4) is 0 Å². The quantitative estimate of drug-likeness (QED) is 0.825. The molecule has 1 amide bonds. The molecule has 132 valence electrons. The van der Waals surface area contributed by atoms with Gasteiger partial charge in [-0.1, -0.05) is 26.0 Å². The molecule has 0 unspecified atom stereocenters. The molecule has 1 aliphatic rings. The van der Waals surface area contributed by atoms with E-state index in [4.69, 9.17) is 0 Å². The highest BCUT2D eigenvalue weighted by Crippen LogP contribution is 2.15. The summed E-state index contributed by atoms with van der Waals surface area (Å²) in [4.78, 5) is 14.8. The second-order valence-corrected chi connectivity index (χ2v) is 6.53. The first-order valence-corrected chi connectivity index (χ1v) is 8.53. The van der Waals surface area contributed by atoms with Gasteiger partial charge in [-0.2, -0.15) is 0 Å². The average molecular weight is 344 g/mol. The first-order valence-electron chi connectivity index (χ1n) is 8.53. The fourth-order valence-electron chi connectivity index (χ4n) is 2.85. The van der Waals surface area contributed by atoms with Crippen LogP contribution in [0.4, 0.5) is 0 Å². The van der Waals surface area contributed by atoms with Crippen molar-refractivity contribution < 1.29 is 4.79 Å². The normalized spacial score (nSPS) is 15.5. The molecule has 1 aliphatic heterocycles. The van der Waals surface area contributed by atoms with Crippen LogP contribution in [0.3, 0.4) is 0 Å². The van der Waals surface area contributed by atoms with Crippen molar-refractivity contribution in [1.82, 2.24) is 25.2 Å². The van der Waals surface area contributed by atoms with Crippen LogP contribution in [0.1, 0.15) is 56.9 Å². The second-order valence-electron chi connectivity index (χ2n) is 6.53. The van der Waals surface area contributed by atoms with Crippen molar-refractivity contribution in [3.63, 3.8) is 0 Å². The van der Waals surface area contributed by atoms with Crippen LogP contribution < -0.4 is 5.32 Å². The van der Waals surface area contributed by atoms with E-state index in [2.05, 4.69) is 36.4 Å². The van der Waals surface area contributed by atoms with Gasteiger partial charge in [0.1, 0.15) is 0 Å². The first kappa shape index (κ1) is 19.9. The summed E-state index contributed by atoms with van der Waals surface area (Å²) in [5, 5.41) is 11.6. The summed E-state index contributed by atoms with van der Waals surface area (Å²) < 4.78 is 1.79. The molecular weight excluding hydrogens is 314 g/mol. The van der Waals surface area contributed by atoms with Gasteiger partial charge < -0.3 is 10.2 Å². The molecule has 6 nitrogen and oxygen atoms in total. The van der Waals surface area contributed by atoms with E-state index >= 15 is 0 Å². The highest BCUT2D eigenvalue weighted by molar-refractivity contribution is 5.92. The number of nitrogens with one attached hydrogen (secondary N) is 1. The number of hydrogen-bond donors (Lipinski definition) is 1. The van der Waals surface area contributed by atoms with Crippen molar-refractivity contribution in [3.05, 3.63) is 11.9 Å². The molecule has 1 fully saturated rings. The largest absolute Gasteiger partial charge is 0.334 e. The minimum Gasteiger partial charge on any atom is -0.334 e. The number of carbonyl (C=O) groups excluding carboxylic acids is 1. The molecule has 0 spiro atoms. The van der Waals surface area contributed by atoms with Gasteiger partial charge in [0, 0.05) is 19.1 Å². The molecule has 2 heterocycles. The van der Waals surface area contributed by atoms with E-state index in [1.165, 1.54) is 0 Å². The van der Waals surface area contributed by atoms with E-state index < -0.39 is 0 Å². The number of rotatable bonds is 7. The zero-order valence-electron chi connectivity index (χ0n) is 14.5. The molecule has 23 heavy (non-hydrogen) atoms. The minimum absolute atomic E-state index is 0. The van der Waals surface area contributed by atoms with Crippen LogP contribution in [0, 0.1) is 5.92 Å². The average Bonchev–Trinajstić information content (AvgIpc) is 3.00. The van der Waals surface area contributed by atoms with Gasteiger partial charge >= 0.3 is 0 Å². The predicted octanol–water partition coefficient (Wildman–Crippen LogP) is 2.35. The monoisotopic (exact) mass is 343 g/mol. The van der Waals surface area contributed by atoms with Gasteiger partial charge in [-0.3, -0.25) is 9.48 Å². The van der Waals surface area contributed by atoms with Crippen LogP contribution in [-0.2, 0) is 6.54 Å². The molecule has 0 saturated carbocycles. The van der Waals surface area contributed by atoms with E-state index in [-0.39, 0.29) is 18.3 Å². The Balaban J connectivity index is 0.00000264. The van der Waals surface area contributed by atoms with E-state index in [0.717, 1.165) is 51.9 Å².